The fourth-order valence-electron chi connectivity index (χ4n) is 2.29. The first kappa shape index (κ1) is 17.1. The average Bonchev–Trinajstić information content (AvgIpc) is 2.56. The molecule has 0 aliphatic carbocycles. The third kappa shape index (κ3) is 5.47. The van der Waals surface area contributed by atoms with E-state index in [-0.39, 0.29) is 5.91 Å². The molecule has 0 bridgehead atoms. The molecular weight excluding hydrogens is 286 g/mol. The van der Waals surface area contributed by atoms with Crippen LogP contribution in [0.15, 0.2) is 49.1 Å². The van der Waals surface area contributed by atoms with Crippen LogP contribution in [0.3, 0.4) is 0 Å². The molecule has 2 rings (SSSR count). The zero-order chi connectivity index (χ0) is 16.7. The number of aromatic nitrogens is 2. The second kappa shape index (κ2) is 8.42. The van der Waals surface area contributed by atoms with Crippen LogP contribution >= 0.6 is 0 Å². The van der Waals surface area contributed by atoms with E-state index in [1.807, 2.05) is 35.4 Å². The van der Waals surface area contributed by atoms with E-state index in [2.05, 4.69) is 30.7 Å². The molecule has 1 amide bonds. The molecule has 0 unspecified atom stereocenters. The molecule has 0 spiro atoms. The first-order valence-electron chi connectivity index (χ1n) is 8.12. The molecule has 0 aliphatic heterocycles. The van der Waals surface area contributed by atoms with Gasteiger partial charge >= 0.3 is 0 Å². The van der Waals surface area contributed by atoms with Crippen molar-refractivity contribution in [2.45, 2.75) is 40.3 Å². The van der Waals surface area contributed by atoms with Gasteiger partial charge in [-0.1, -0.05) is 26.8 Å². The van der Waals surface area contributed by atoms with E-state index in [1.54, 1.807) is 18.6 Å². The van der Waals surface area contributed by atoms with E-state index in [9.17, 15) is 4.79 Å². The van der Waals surface area contributed by atoms with E-state index < -0.39 is 0 Å². The van der Waals surface area contributed by atoms with Gasteiger partial charge in [-0.3, -0.25) is 14.8 Å². The summed E-state index contributed by atoms with van der Waals surface area (Å²) in [7, 11) is 0. The molecule has 0 aliphatic rings. The standard InChI is InChI=1S/C19H25N3O/c1-15(2)16(3)11-19(23)22(13-17-6-9-20-10-7-17)14-18-5-4-8-21-12-18/h4-10,12,15-16H,11,13-14H2,1-3H3/t16-/m0/s1. The first-order valence-corrected chi connectivity index (χ1v) is 8.12. The minimum Gasteiger partial charge on any atom is -0.334 e. The molecule has 1 atom stereocenters. The molecule has 0 aromatic carbocycles. The number of carbonyl (C=O) groups is 1. The highest BCUT2D eigenvalue weighted by Gasteiger charge is 2.19. The van der Waals surface area contributed by atoms with Crippen LogP contribution in [-0.4, -0.2) is 20.8 Å². The van der Waals surface area contributed by atoms with Crippen molar-refractivity contribution in [2.24, 2.45) is 11.8 Å². The number of amides is 1. The lowest BCUT2D eigenvalue weighted by Gasteiger charge is -2.25. The lowest BCUT2D eigenvalue weighted by Crippen LogP contribution is -2.32. The molecule has 2 aromatic rings. The Hall–Kier alpha value is -2.23. The lowest BCUT2D eigenvalue weighted by molar-refractivity contribution is -0.133. The monoisotopic (exact) mass is 311 g/mol. The third-order valence-electron chi connectivity index (χ3n) is 4.21. The van der Waals surface area contributed by atoms with Crippen molar-refractivity contribution >= 4 is 5.91 Å². The van der Waals surface area contributed by atoms with Crippen LogP contribution in [0.4, 0.5) is 0 Å². The summed E-state index contributed by atoms with van der Waals surface area (Å²) in [6.45, 7) is 7.64. The number of carbonyl (C=O) groups excluding carboxylic acids is 1. The van der Waals surface area contributed by atoms with E-state index in [0.29, 0.717) is 31.3 Å². The normalized spacial score (nSPS) is 12.2. The predicted octanol–water partition coefficient (Wildman–Crippen LogP) is 3.69. The minimum absolute atomic E-state index is 0.187. The van der Waals surface area contributed by atoms with E-state index in [0.717, 1.165) is 11.1 Å². The summed E-state index contributed by atoms with van der Waals surface area (Å²) in [5.41, 5.74) is 2.14. The Bertz CT molecular complexity index is 557. The Morgan fingerprint density at radius 3 is 2.30 bits per heavy atom. The number of nitrogens with zero attached hydrogens (tertiary/aromatic N) is 3. The van der Waals surface area contributed by atoms with Gasteiger partial charge in [-0.05, 0) is 41.2 Å². The summed E-state index contributed by atoms with van der Waals surface area (Å²) in [6.07, 6.45) is 7.67. The molecule has 0 fully saturated rings. The van der Waals surface area contributed by atoms with Crippen LogP contribution in [-0.2, 0) is 17.9 Å². The van der Waals surface area contributed by atoms with Gasteiger partial charge in [0.25, 0.3) is 0 Å². The van der Waals surface area contributed by atoms with Gasteiger partial charge in [-0.15, -0.1) is 0 Å². The van der Waals surface area contributed by atoms with Crippen LogP contribution in [0.5, 0.6) is 0 Å². The first-order chi connectivity index (χ1) is 11.1. The van der Waals surface area contributed by atoms with Crippen LogP contribution in [0, 0.1) is 11.8 Å². The summed E-state index contributed by atoms with van der Waals surface area (Å²) in [5.74, 6) is 1.06. The van der Waals surface area contributed by atoms with Crippen LogP contribution in [0.1, 0.15) is 38.3 Å². The predicted molar refractivity (Wildman–Crippen MR) is 91.3 cm³/mol. The van der Waals surface area contributed by atoms with Gasteiger partial charge in [-0.25, -0.2) is 0 Å². The Morgan fingerprint density at radius 1 is 1.00 bits per heavy atom. The fourth-order valence-corrected chi connectivity index (χ4v) is 2.29. The number of pyridine rings is 2. The maximum absolute atomic E-state index is 12.8. The lowest BCUT2D eigenvalue weighted by atomic mass is 9.94. The number of hydrogen-bond donors (Lipinski definition) is 0. The maximum Gasteiger partial charge on any atom is 0.223 e. The Balaban J connectivity index is 2.11. The largest absolute Gasteiger partial charge is 0.334 e. The smallest absolute Gasteiger partial charge is 0.223 e. The summed E-state index contributed by atoms with van der Waals surface area (Å²) in [6, 6.07) is 7.82. The van der Waals surface area contributed by atoms with E-state index in [1.165, 1.54) is 0 Å². The zero-order valence-corrected chi connectivity index (χ0v) is 14.1. The highest BCUT2D eigenvalue weighted by atomic mass is 16.2. The summed E-state index contributed by atoms with van der Waals surface area (Å²) in [4.78, 5) is 22.8. The van der Waals surface area contributed by atoms with Crippen molar-refractivity contribution in [3.63, 3.8) is 0 Å². The second-order valence-electron chi connectivity index (χ2n) is 6.39. The number of hydrogen-bond acceptors (Lipinski definition) is 3. The van der Waals surface area contributed by atoms with Gasteiger partial charge < -0.3 is 4.90 Å². The summed E-state index contributed by atoms with van der Waals surface area (Å²) >= 11 is 0. The molecule has 122 valence electrons. The Kier molecular flexibility index (Phi) is 6.27. The zero-order valence-electron chi connectivity index (χ0n) is 14.1. The summed E-state index contributed by atoms with van der Waals surface area (Å²) in [5, 5.41) is 0. The van der Waals surface area contributed by atoms with Gasteiger partial charge in [0, 0.05) is 44.3 Å². The molecule has 0 N–H and O–H groups in total. The molecular formula is C19H25N3O. The SMILES string of the molecule is CC(C)[C@@H](C)CC(=O)N(Cc1ccncc1)Cc1cccnc1. The Morgan fingerprint density at radius 2 is 1.70 bits per heavy atom. The van der Waals surface area contributed by atoms with Crippen LogP contribution in [0.25, 0.3) is 0 Å². The molecule has 23 heavy (non-hydrogen) atoms. The van der Waals surface area contributed by atoms with Gasteiger partial charge in [0.1, 0.15) is 0 Å². The van der Waals surface area contributed by atoms with Gasteiger partial charge in [0.2, 0.25) is 5.91 Å². The van der Waals surface area contributed by atoms with Crippen LogP contribution < -0.4 is 0 Å². The van der Waals surface area contributed by atoms with Gasteiger partial charge in [0.05, 0.1) is 0 Å². The second-order valence-corrected chi connectivity index (χ2v) is 6.39. The molecule has 0 radical (unpaired) electrons. The maximum atomic E-state index is 12.8. The highest BCUT2D eigenvalue weighted by molar-refractivity contribution is 5.76. The average molecular weight is 311 g/mol. The molecule has 2 heterocycles. The molecule has 4 nitrogen and oxygen atoms in total. The molecule has 2 aromatic heterocycles. The number of rotatable bonds is 7. The third-order valence-corrected chi connectivity index (χ3v) is 4.21. The van der Waals surface area contributed by atoms with Gasteiger partial charge in [0.15, 0.2) is 0 Å². The fraction of sp³-hybridized carbons (Fsp3) is 0.421. The van der Waals surface area contributed by atoms with Gasteiger partial charge in [-0.2, -0.15) is 0 Å². The molecule has 0 saturated heterocycles. The van der Waals surface area contributed by atoms with Crippen molar-refractivity contribution in [3.05, 3.63) is 60.2 Å². The Labute approximate surface area is 138 Å². The van der Waals surface area contributed by atoms with E-state index in [4.69, 9.17) is 0 Å². The van der Waals surface area contributed by atoms with Crippen molar-refractivity contribution in [3.8, 4) is 0 Å². The summed E-state index contributed by atoms with van der Waals surface area (Å²) < 4.78 is 0. The quantitative estimate of drug-likeness (QED) is 0.783. The van der Waals surface area contributed by atoms with Crippen molar-refractivity contribution < 1.29 is 4.79 Å². The molecule has 4 heteroatoms. The minimum atomic E-state index is 0.187. The van der Waals surface area contributed by atoms with Crippen molar-refractivity contribution in [2.75, 3.05) is 0 Å². The highest BCUT2D eigenvalue weighted by Crippen LogP contribution is 2.18. The van der Waals surface area contributed by atoms with Crippen molar-refractivity contribution in [1.82, 2.24) is 14.9 Å². The van der Waals surface area contributed by atoms with Crippen molar-refractivity contribution in [1.29, 1.82) is 0 Å². The van der Waals surface area contributed by atoms with E-state index >= 15 is 0 Å². The topological polar surface area (TPSA) is 46.1 Å². The molecule has 0 saturated carbocycles. The van der Waals surface area contributed by atoms with Crippen LogP contribution in [0.2, 0.25) is 0 Å².